The molecule has 1 saturated carbocycles. The number of aromatic hydroxyl groups is 1. The van der Waals surface area contributed by atoms with Crippen molar-refractivity contribution >= 4 is 34.2 Å². The second-order valence-corrected chi connectivity index (χ2v) is 17.3. The van der Waals surface area contributed by atoms with Gasteiger partial charge in [0.1, 0.15) is 24.1 Å². The molecular formula is C54H57N3O9. The summed E-state index contributed by atoms with van der Waals surface area (Å²) in [5, 5.41) is 49.4. The van der Waals surface area contributed by atoms with Crippen molar-refractivity contribution in [2.45, 2.75) is 75.8 Å². The average Bonchev–Trinajstić information content (AvgIpc) is 3.33. The predicted molar refractivity (Wildman–Crippen MR) is 254 cm³/mol. The van der Waals surface area contributed by atoms with Crippen LogP contribution in [0, 0.1) is 27.9 Å². The van der Waals surface area contributed by atoms with Gasteiger partial charge < -0.3 is 34.5 Å². The molecule has 12 heteroatoms. The Labute approximate surface area is 385 Å². The molecule has 1 amide bonds. The largest absolute Gasteiger partial charge is 0.508 e. The van der Waals surface area contributed by atoms with Gasteiger partial charge in [-0.05, 0) is 107 Å². The van der Waals surface area contributed by atoms with Crippen LogP contribution in [0.5, 0.6) is 11.5 Å². The fourth-order valence-corrected chi connectivity index (χ4v) is 10.3. The van der Waals surface area contributed by atoms with Crippen LogP contribution in [0.1, 0.15) is 73.1 Å². The van der Waals surface area contributed by atoms with Crippen LogP contribution in [0.2, 0.25) is 0 Å². The van der Waals surface area contributed by atoms with Gasteiger partial charge in [-0.3, -0.25) is 14.9 Å². The minimum absolute atomic E-state index is 0.0189. The van der Waals surface area contributed by atoms with Crippen molar-refractivity contribution in [3.05, 3.63) is 178 Å². The van der Waals surface area contributed by atoms with Crippen LogP contribution in [-0.4, -0.2) is 68.4 Å². The van der Waals surface area contributed by atoms with E-state index in [0.717, 1.165) is 58.7 Å². The number of nitro groups is 1. The molecule has 12 nitrogen and oxygen atoms in total. The molecule has 66 heavy (non-hydrogen) atoms. The first-order valence-electron chi connectivity index (χ1n) is 22.9. The first kappa shape index (κ1) is 45.9. The average molecular weight is 892 g/mol. The van der Waals surface area contributed by atoms with E-state index in [9.17, 15) is 25.4 Å². The number of amides is 1. The molecule has 6 atom stereocenters. The Hall–Kier alpha value is -6.60. The third-order valence-corrected chi connectivity index (χ3v) is 13.3. The van der Waals surface area contributed by atoms with E-state index in [1.165, 1.54) is 18.2 Å². The van der Waals surface area contributed by atoms with Gasteiger partial charge in [-0.25, -0.2) is 0 Å². The fourth-order valence-electron chi connectivity index (χ4n) is 10.3. The number of aliphatic hydroxyl groups is 2. The molecule has 0 bridgehead atoms. The number of rotatable bonds is 20. The summed E-state index contributed by atoms with van der Waals surface area (Å²) in [6, 6.07) is 34.2. The Bertz CT molecular complexity index is 2590. The molecule has 5 aromatic carbocycles. The SMILES string of the molecule is C=CCOC12Oc3ccc(O)cc3C3C(CCCCO)C(CCCCO)C=C(C(=NOCc4ccccc4)CC1N(Cc1cccc4ccccc14)C(=O)C=Cc1ccc([N+](=O)[O-])cc1)C32. The summed E-state index contributed by atoms with van der Waals surface area (Å²) < 4.78 is 14.5. The van der Waals surface area contributed by atoms with Gasteiger partial charge in [-0.1, -0.05) is 103 Å². The minimum Gasteiger partial charge on any atom is -0.508 e. The molecule has 5 aromatic rings. The number of allylic oxidation sites excluding steroid dienone is 1. The number of oxime groups is 1. The van der Waals surface area contributed by atoms with E-state index >= 15 is 4.79 Å². The van der Waals surface area contributed by atoms with Crippen molar-refractivity contribution in [1.29, 1.82) is 0 Å². The van der Waals surface area contributed by atoms with Crippen LogP contribution < -0.4 is 4.74 Å². The molecule has 0 aromatic heterocycles. The smallest absolute Gasteiger partial charge is 0.269 e. The Morgan fingerprint density at radius 3 is 2.42 bits per heavy atom. The van der Waals surface area contributed by atoms with Crippen molar-refractivity contribution in [1.82, 2.24) is 4.90 Å². The Morgan fingerprint density at radius 2 is 1.67 bits per heavy atom. The Morgan fingerprint density at radius 1 is 0.924 bits per heavy atom. The molecule has 2 aliphatic carbocycles. The van der Waals surface area contributed by atoms with Gasteiger partial charge in [-0.2, -0.15) is 0 Å². The number of phenols is 1. The molecule has 342 valence electrons. The number of carbonyl (C=O) groups excluding carboxylic acids is 1. The van der Waals surface area contributed by atoms with Crippen LogP contribution in [0.4, 0.5) is 5.69 Å². The third kappa shape index (κ3) is 9.81. The van der Waals surface area contributed by atoms with E-state index in [1.54, 1.807) is 47.4 Å². The molecule has 8 rings (SSSR count). The third-order valence-electron chi connectivity index (χ3n) is 13.3. The molecule has 1 aliphatic heterocycles. The summed E-state index contributed by atoms with van der Waals surface area (Å²) >= 11 is 0. The Balaban J connectivity index is 1.34. The van der Waals surface area contributed by atoms with E-state index in [4.69, 9.17) is 19.5 Å². The van der Waals surface area contributed by atoms with E-state index in [1.807, 2.05) is 72.8 Å². The van der Waals surface area contributed by atoms with Crippen LogP contribution in [0.25, 0.3) is 16.8 Å². The maximum absolute atomic E-state index is 15.3. The number of nitro benzene ring substituents is 1. The van der Waals surface area contributed by atoms with E-state index in [-0.39, 0.29) is 74.5 Å². The lowest BCUT2D eigenvalue weighted by atomic mass is 9.55. The summed E-state index contributed by atoms with van der Waals surface area (Å²) in [4.78, 5) is 34.4. The molecule has 1 heterocycles. The number of fused-ring (bicyclic) bond motifs is 3. The number of nitrogens with zero attached hydrogens (tertiary/aromatic N) is 3. The van der Waals surface area contributed by atoms with Crippen LogP contribution >= 0.6 is 0 Å². The van der Waals surface area contributed by atoms with Crippen molar-refractivity contribution < 1.29 is 39.3 Å². The number of hydrogen-bond donors (Lipinski definition) is 3. The number of ether oxygens (including phenoxy) is 2. The van der Waals surface area contributed by atoms with E-state index in [2.05, 4.69) is 12.7 Å². The number of phenolic OH excluding ortho intramolecular Hbond substituents is 1. The highest BCUT2D eigenvalue weighted by atomic mass is 16.7. The van der Waals surface area contributed by atoms with Crippen molar-refractivity contribution in [2.75, 3.05) is 19.8 Å². The number of carbonyl (C=O) groups is 1. The second kappa shape index (κ2) is 21.1. The van der Waals surface area contributed by atoms with Gasteiger partial charge in [0.15, 0.2) is 0 Å². The highest BCUT2D eigenvalue weighted by molar-refractivity contribution is 6.03. The molecule has 0 radical (unpaired) electrons. The predicted octanol–water partition coefficient (Wildman–Crippen LogP) is 10.0. The number of non-ortho nitro benzene ring substituents is 1. The summed E-state index contributed by atoms with van der Waals surface area (Å²) in [7, 11) is 0. The van der Waals surface area contributed by atoms with Crippen molar-refractivity contribution in [3.63, 3.8) is 0 Å². The van der Waals surface area contributed by atoms with Gasteiger partial charge >= 0.3 is 0 Å². The molecule has 0 spiro atoms. The number of hydrogen-bond acceptors (Lipinski definition) is 10. The Kier molecular flexibility index (Phi) is 14.7. The summed E-state index contributed by atoms with van der Waals surface area (Å²) in [5.41, 5.74) is 4.74. The van der Waals surface area contributed by atoms with E-state index < -0.39 is 22.7 Å². The second-order valence-electron chi connectivity index (χ2n) is 17.3. The van der Waals surface area contributed by atoms with Crippen LogP contribution in [0.3, 0.4) is 0 Å². The summed E-state index contributed by atoms with van der Waals surface area (Å²) in [5.74, 6) is -2.13. The van der Waals surface area contributed by atoms with Gasteiger partial charge in [0, 0.05) is 55.9 Å². The molecular weight excluding hydrogens is 835 g/mol. The zero-order chi connectivity index (χ0) is 46.0. The maximum atomic E-state index is 15.3. The highest BCUT2D eigenvalue weighted by Crippen LogP contribution is 2.62. The van der Waals surface area contributed by atoms with Gasteiger partial charge in [-0.15, -0.1) is 6.58 Å². The summed E-state index contributed by atoms with van der Waals surface area (Å²) in [6.45, 7) is 4.63. The lowest BCUT2D eigenvalue weighted by Gasteiger charge is -2.60. The quantitative estimate of drug-likeness (QED) is 0.0227. The number of aliphatic hydroxyl groups excluding tert-OH is 2. The fraction of sp³-hybridized carbons (Fsp3) is 0.333. The van der Waals surface area contributed by atoms with Crippen molar-refractivity contribution in [2.24, 2.45) is 22.9 Å². The zero-order valence-electron chi connectivity index (χ0n) is 37.0. The zero-order valence-corrected chi connectivity index (χ0v) is 37.0. The molecule has 1 fully saturated rings. The standard InChI is InChI=1S/C54H57N3O9/c1-2-31-64-54-50(56(35-41-18-12-17-39-15-6-7-19-44(39)41)51(61)28-23-37-21-24-42(25-22-37)57(62)63)34-48(55-65-36-38-13-4-3-5-14-38)46-32-40(16-8-10-29-58)45(20-9-11-30-59)52(53(46)54)47-33-43(60)26-27-49(47)66-54/h2-7,12-15,17-19,21-28,32-33,40,45,50,52-53,58-60H,1,8-11,16,20,29-31,34-36H2. The monoisotopic (exact) mass is 891 g/mol. The summed E-state index contributed by atoms with van der Waals surface area (Å²) in [6.07, 6.45) is 11.6. The maximum Gasteiger partial charge on any atom is 0.269 e. The first-order chi connectivity index (χ1) is 32.2. The molecule has 3 N–H and O–H groups in total. The minimum atomic E-state index is -1.53. The van der Waals surface area contributed by atoms with Gasteiger partial charge in [0.2, 0.25) is 11.7 Å². The topological polar surface area (TPSA) is 164 Å². The van der Waals surface area contributed by atoms with E-state index in [0.29, 0.717) is 29.9 Å². The lowest BCUT2D eigenvalue weighted by Crippen LogP contribution is -2.70. The molecule has 0 saturated heterocycles. The number of benzene rings is 5. The van der Waals surface area contributed by atoms with Gasteiger partial charge in [0.25, 0.3) is 5.69 Å². The van der Waals surface area contributed by atoms with Crippen LogP contribution in [0.15, 0.2) is 151 Å². The lowest BCUT2D eigenvalue weighted by molar-refractivity contribution is -0.384. The van der Waals surface area contributed by atoms with Crippen molar-refractivity contribution in [3.8, 4) is 11.5 Å². The van der Waals surface area contributed by atoms with Crippen LogP contribution in [-0.2, 0) is 27.5 Å². The number of unbranched alkanes of at least 4 members (excludes halogenated alkanes) is 2. The molecule has 3 aliphatic rings. The van der Waals surface area contributed by atoms with Gasteiger partial charge in [0.05, 0.1) is 23.2 Å². The first-order valence-corrected chi connectivity index (χ1v) is 22.9. The highest BCUT2D eigenvalue weighted by Gasteiger charge is 2.65. The normalized spacial score (nSPS) is 22.5. The molecule has 6 unspecified atom stereocenters.